The molecule has 0 saturated carbocycles. The van der Waals surface area contributed by atoms with Crippen LogP contribution in [0.25, 0.3) is 21.9 Å². The lowest BCUT2D eigenvalue weighted by atomic mass is 10.2. The molecule has 0 saturated heterocycles. The number of hydrogen-bond donors (Lipinski definition) is 1. The summed E-state index contributed by atoms with van der Waals surface area (Å²) < 4.78 is 14.8. The Labute approximate surface area is 181 Å². The molecule has 0 aliphatic heterocycles. The van der Waals surface area contributed by atoms with E-state index >= 15 is 0 Å². The van der Waals surface area contributed by atoms with Crippen molar-refractivity contribution in [3.8, 4) is 5.75 Å². The Kier molecular flexibility index (Phi) is 6.23. The maximum absolute atomic E-state index is 12.7. The molecule has 1 N–H and O–H groups in total. The van der Waals surface area contributed by atoms with Crippen LogP contribution in [0.4, 0.5) is 0 Å². The van der Waals surface area contributed by atoms with E-state index in [0.29, 0.717) is 26.1 Å². The fourth-order valence-corrected chi connectivity index (χ4v) is 3.94. The molecule has 2 aromatic heterocycles. The van der Waals surface area contributed by atoms with E-state index in [4.69, 9.17) is 14.5 Å². The summed E-state index contributed by atoms with van der Waals surface area (Å²) in [7, 11) is 3.35. The van der Waals surface area contributed by atoms with Gasteiger partial charge in [0, 0.05) is 43.7 Å². The number of carbonyl (C=O) groups is 1. The summed E-state index contributed by atoms with van der Waals surface area (Å²) in [6.07, 6.45) is 2.39. The summed E-state index contributed by atoms with van der Waals surface area (Å²) in [6, 6.07) is 15.8. The van der Waals surface area contributed by atoms with E-state index in [1.165, 1.54) is 0 Å². The van der Waals surface area contributed by atoms with Crippen molar-refractivity contribution >= 4 is 27.8 Å². The number of rotatable bonds is 9. The van der Waals surface area contributed by atoms with Crippen LogP contribution < -0.4 is 10.1 Å². The van der Waals surface area contributed by atoms with Gasteiger partial charge in [0.25, 0.3) is 0 Å². The number of fused-ring (bicyclic) bond motifs is 2. The van der Waals surface area contributed by atoms with Gasteiger partial charge in [-0.05, 0) is 43.3 Å². The Morgan fingerprint density at radius 3 is 2.74 bits per heavy atom. The first-order chi connectivity index (χ1) is 15.1. The van der Waals surface area contributed by atoms with Gasteiger partial charge in [-0.25, -0.2) is 4.98 Å². The third-order valence-electron chi connectivity index (χ3n) is 5.53. The lowest BCUT2D eigenvalue weighted by molar-refractivity contribution is -0.122. The molecule has 0 fully saturated rings. The quantitative estimate of drug-likeness (QED) is 0.446. The van der Waals surface area contributed by atoms with Crippen molar-refractivity contribution in [3.05, 3.63) is 60.6 Å². The van der Waals surface area contributed by atoms with Crippen LogP contribution in [0.15, 0.2) is 54.7 Å². The minimum atomic E-state index is -0.206. The summed E-state index contributed by atoms with van der Waals surface area (Å²) in [5.41, 5.74) is 3.05. The van der Waals surface area contributed by atoms with E-state index in [1.54, 1.807) is 14.2 Å². The van der Waals surface area contributed by atoms with Crippen molar-refractivity contribution in [1.29, 1.82) is 0 Å². The van der Waals surface area contributed by atoms with Gasteiger partial charge in [0.2, 0.25) is 5.91 Å². The maximum Gasteiger partial charge on any atom is 0.222 e. The van der Waals surface area contributed by atoms with Crippen LogP contribution in [0.1, 0.15) is 25.2 Å². The van der Waals surface area contributed by atoms with Crippen molar-refractivity contribution in [1.82, 2.24) is 19.4 Å². The molecule has 0 aliphatic carbocycles. The second-order valence-electron chi connectivity index (χ2n) is 7.58. The second-order valence-corrected chi connectivity index (χ2v) is 7.58. The Morgan fingerprint density at radius 1 is 1.10 bits per heavy atom. The number of ether oxygens (including phenoxy) is 2. The lowest BCUT2D eigenvalue weighted by Gasteiger charge is -2.16. The average molecular weight is 421 g/mol. The van der Waals surface area contributed by atoms with E-state index in [-0.39, 0.29) is 11.9 Å². The molecule has 2 aromatic carbocycles. The van der Waals surface area contributed by atoms with Gasteiger partial charge in [0.1, 0.15) is 11.6 Å². The number of imidazole rings is 1. The van der Waals surface area contributed by atoms with Gasteiger partial charge in [-0.1, -0.05) is 12.1 Å². The first-order valence-corrected chi connectivity index (χ1v) is 10.5. The zero-order valence-electron chi connectivity index (χ0n) is 18.2. The van der Waals surface area contributed by atoms with E-state index < -0.39 is 0 Å². The van der Waals surface area contributed by atoms with Crippen LogP contribution in [0, 0.1) is 0 Å². The molecular formula is C24H28N4O3. The molecule has 0 spiro atoms. The Bertz CT molecular complexity index is 1190. The standard InChI is InChI=1S/C24H28N4O3/c1-17(24-26-20-6-4-5-7-22(20)28(24)14-15-30-2)25-23(29)11-13-27-12-10-18-16-19(31-3)8-9-21(18)27/h4-10,12,16-17H,11,13-15H2,1-3H3,(H,25,29)/t17-/m0/s1. The zero-order chi connectivity index (χ0) is 21.8. The molecule has 2 heterocycles. The highest BCUT2D eigenvalue weighted by Gasteiger charge is 2.18. The van der Waals surface area contributed by atoms with Gasteiger partial charge in [-0.2, -0.15) is 0 Å². The maximum atomic E-state index is 12.7. The molecule has 7 heteroatoms. The second kappa shape index (κ2) is 9.22. The summed E-state index contributed by atoms with van der Waals surface area (Å²) in [5, 5.41) is 4.20. The van der Waals surface area contributed by atoms with Crippen LogP contribution in [-0.2, 0) is 22.6 Å². The van der Waals surface area contributed by atoms with E-state index in [2.05, 4.69) is 14.5 Å². The first kappa shape index (κ1) is 20.9. The molecule has 0 aliphatic rings. The highest BCUT2D eigenvalue weighted by Crippen LogP contribution is 2.23. The molecular weight excluding hydrogens is 392 g/mol. The normalized spacial score (nSPS) is 12.4. The SMILES string of the molecule is COCCn1c([C@H](C)NC(=O)CCn2ccc3cc(OC)ccc32)nc2ccccc21. The summed E-state index contributed by atoms with van der Waals surface area (Å²) in [4.78, 5) is 17.5. The van der Waals surface area contributed by atoms with E-state index in [0.717, 1.165) is 33.5 Å². The number of hydrogen-bond acceptors (Lipinski definition) is 4. The number of methoxy groups -OCH3 is 2. The molecule has 0 unspecified atom stereocenters. The molecule has 31 heavy (non-hydrogen) atoms. The highest BCUT2D eigenvalue weighted by molar-refractivity contribution is 5.82. The van der Waals surface area contributed by atoms with E-state index in [1.807, 2.05) is 61.7 Å². The molecule has 7 nitrogen and oxygen atoms in total. The van der Waals surface area contributed by atoms with Crippen LogP contribution in [-0.4, -0.2) is 40.9 Å². The van der Waals surface area contributed by atoms with Gasteiger partial charge in [-0.3, -0.25) is 4.79 Å². The Balaban J connectivity index is 1.44. The minimum absolute atomic E-state index is 0.00629. The monoisotopic (exact) mass is 420 g/mol. The van der Waals surface area contributed by atoms with Crippen LogP contribution in [0.2, 0.25) is 0 Å². The molecule has 162 valence electrons. The number of benzene rings is 2. The number of aromatic nitrogens is 3. The number of para-hydroxylation sites is 2. The molecule has 4 aromatic rings. The number of carbonyl (C=O) groups excluding carboxylic acids is 1. The number of nitrogens with one attached hydrogen (secondary N) is 1. The molecule has 0 bridgehead atoms. The molecule has 4 rings (SSSR count). The third-order valence-corrected chi connectivity index (χ3v) is 5.53. The third kappa shape index (κ3) is 4.41. The van der Waals surface area contributed by atoms with Crippen molar-refractivity contribution in [2.75, 3.05) is 20.8 Å². The molecule has 1 atom stereocenters. The summed E-state index contributed by atoms with van der Waals surface area (Å²) in [6.45, 7) is 3.85. The average Bonchev–Trinajstić information content (AvgIpc) is 3.37. The van der Waals surface area contributed by atoms with Crippen LogP contribution in [0.3, 0.4) is 0 Å². The highest BCUT2D eigenvalue weighted by atomic mass is 16.5. The van der Waals surface area contributed by atoms with Crippen LogP contribution >= 0.6 is 0 Å². The first-order valence-electron chi connectivity index (χ1n) is 10.5. The fourth-order valence-electron chi connectivity index (χ4n) is 3.94. The smallest absolute Gasteiger partial charge is 0.222 e. The van der Waals surface area contributed by atoms with E-state index in [9.17, 15) is 4.79 Å². The van der Waals surface area contributed by atoms with Gasteiger partial charge < -0.3 is 23.9 Å². The van der Waals surface area contributed by atoms with Gasteiger partial charge in [0.15, 0.2) is 0 Å². The minimum Gasteiger partial charge on any atom is -0.497 e. The van der Waals surface area contributed by atoms with Gasteiger partial charge in [-0.15, -0.1) is 0 Å². The molecule has 1 amide bonds. The number of nitrogens with zero attached hydrogens (tertiary/aromatic N) is 3. The Hall–Kier alpha value is -3.32. The van der Waals surface area contributed by atoms with Crippen molar-refractivity contribution in [2.24, 2.45) is 0 Å². The van der Waals surface area contributed by atoms with Crippen molar-refractivity contribution in [2.45, 2.75) is 32.5 Å². The van der Waals surface area contributed by atoms with Crippen LogP contribution in [0.5, 0.6) is 5.75 Å². The topological polar surface area (TPSA) is 70.3 Å². The lowest BCUT2D eigenvalue weighted by Crippen LogP contribution is -2.29. The van der Waals surface area contributed by atoms with Gasteiger partial charge in [0.05, 0.1) is 30.8 Å². The predicted molar refractivity (Wildman–Crippen MR) is 121 cm³/mol. The Morgan fingerprint density at radius 2 is 1.94 bits per heavy atom. The fraction of sp³-hybridized carbons (Fsp3) is 0.333. The molecule has 0 radical (unpaired) electrons. The number of amides is 1. The summed E-state index contributed by atoms with van der Waals surface area (Å²) >= 11 is 0. The largest absolute Gasteiger partial charge is 0.497 e. The van der Waals surface area contributed by atoms with Crippen molar-refractivity contribution in [3.63, 3.8) is 0 Å². The predicted octanol–water partition coefficient (Wildman–Crippen LogP) is 3.91. The van der Waals surface area contributed by atoms with Crippen molar-refractivity contribution < 1.29 is 14.3 Å². The zero-order valence-corrected chi connectivity index (χ0v) is 18.2. The number of aryl methyl sites for hydroxylation is 1. The van der Waals surface area contributed by atoms with Gasteiger partial charge >= 0.3 is 0 Å². The summed E-state index contributed by atoms with van der Waals surface area (Å²) in [5.74, 6) is 1.66.